The third-order valence-electron chi connectivity index (χ3n) is 5.79. The van der Waals surface area contributed by atoms with Crippen molar-refractivity contribution in [1.82, 2.24) is 4.98 Å². The first-order chi connectivity index (χ1) is 13.6. The molecule has 4 rings (SSSR count). The van der Waals surface area contributed by atoms with Crippen LogP contribution in [-0.2, 0) is 6.42 Å². The van der Waals surface area contributed by atoms with Gasteiger partial charge in [0.15, 0.2) is 0 Å². The second kappa shape index (κ2) is 8.21. The number of nitrogens with two attached hydrogens (primary N) is 2. The predicted molar refractivity (Wildman–Crippen MR) is 120 cm³/mol. The number of nitrogens with zero attached hydrogens (tertiary/aromatic N) is 1. The molecule has 0 fully saturated rings. The average Bonchev–Trinajstić information content (AvgIpc) is 3.40. The fourth-order valence-electron chi connectivity index (χ4n) is 4.40. The maximum atomic E-state index is 11.9. The third kappa shape index (κ3) is 3.44. The molecule has 3 aromatic rings. The summed E-state index contributed by atoms with van der Waals surface area (Å²) >= 11 is 3.06. The molecule has 1 atom stereocenters. The second-order valence-electron chi connectivity index (χ2n) is 7.66. The number of carbonyl (C=O) groups excluding carboxylic acids is 1. The average molecular weight is 414 g/mol. The molecule has 4 N–H and O–H groups in total. The highest BCUT2D eigenvalue weighted by Crippen LogP contribution is 2.48. The minimum atomic E-state index is -0.467. The SMILES string of the molecule is CCCCCCCC1CCc2c1nc1sc(C(N)=O)c(N)c1c2-c1cccs1. The van der Waals surface area contributed by atoms with Gasteiger partial charge in [0.1, 0.15) is 9.71 Å². The highest BCUT2D eigenvalue weighted by atomic mass is 32.1. The molecule has 1 amide bonds. The zero-order chi connectivity index (χ0) is 19.7. The first kappa shape index (κ1) is 19.4. The summed E-state index contributed by atoms with van der Waals surface area (Å²) in [6.45, 7) is 2.25. The number of carbonyl (C=O) groups is 1. The molecular formula is C22H27N3OS2. The number of unbranched alkanes of at least 4 members (excludes halogenated alkanes) is 4. The smallest absolute Gasteiger partial charge is 0.260 e. The molecule has 4 nitrogen and oxygen atoms in total. The normalized spacial score (nSPS) is 16.0. The number of amides is 1. The van der Waals surface area contributed by atoms with Crippen LogP contribution in [0.3, 0.4) is 0 Å². The fourth-order valence-corrected chi connectivity index (χ4v) is 6.17. The number of thiophene rings is 2. The first-order valence-electron chi connectivity index (χ1n) is 10.2. The summed E-state index contributed by atoms with van der Waals surface area (Å²) in [6.07, 6.45) is 9.88. The van der Waals surface area contributed by atoms with Gasteiger partial charge in [0, 0.05) is 27.4 Å². The lowest BCUT2D eigenvalue weighted by atomic mass is 9.96. The monoisotopic (exact) mass is 413 g/mol. The molecule has 0 bridgehead atoms. The number of aromatic nitrogens is 1. The number of rotatable bonds is 8. The number of fused-ring (bicyclic) bond motifs is 2. The van der Waals surface area contributed by atoms with Crippen LogP contribution < -0.4 is 11.5 Å². The number of primary amides is 1. The van der Waals surface area contributed by atoms with Gasteiger partial charge in [-0.1, -0.05) is 45.1 Å². The van der Waals surface area contributed by atoms with E-state index in [1.165, 1.54) is 71.6 Å². The fraction of sp³-hybridized carbons (Fsp3) is 0.455. The van der Waals surface area contributed by atoms with E-state index in [4.69, 9.17) is 16.5 Å². The highest BCUT2D eigenvalue weighted by molar-refractivity contribution is 7.21. The Bertz CT molecular complexity index is 991. The number of hydrogen-bond donors (Lipinski definition) is 2. The van der Waals surface area contributed by atoms with Gasteiger partial charge in [-0.3, -0.25) is 4.79 Å². The molecule has 0 aromatic carbocycles. The van der Waals surface area contributed by atoms with Crippen molar-refractivity contribution in [1.29, 1.82) is 0 Å². The molecular weight excluding hydrogens is 386 g/mol. The van der Waals surface area contributed by atoms with Gasteiger partial charge in [-0.05, 0) is 36.3 Å². The van der Waals surface area contributed by atoms with Crippen LogP contribution in [-0.4, -0.2) is 10.9 Å². The first-order valence-corrected chi connectivity index (χ1v) is 11.9. The van der Waals surface area contributed by atoms with Gasteiger partial charge in [0.05, 0.1) is 5.69 Å². The van der Waals surface area contributed by atoms with Crippen LogP contribution in [0.1, 0.15) is 78.7 Å². The van der Waals surface area contributed by atoms with Crippen molar-refractivity contribution in [2.75, 3.05) is 5.73 Å². The Kier molecular flexibility index (Phi) is 5.69. The lowest BCUT2D eigenvalue weighted by molar-refractivity contribution is 0.100. The van der Waals surface area contributed by atoms with Gasteiger partial charge in [-0.25, -0.2) is 4.98 Å². The molecule has 0 spiro atoms. The minimum Gasteiger partial charge on any atom is -0.397 e. The maximum Gasteiger partial charge on any atom is 0.260 e. The molecule has 28 heavy (non-hydrogen) atoms. The van der Waals surface area contributed by atoms with Gasteiger partial charge in [-0.15, -0.1) is 22.7 Å². The third-order valence-corrected chi connectivity index (χ3v) is 7.79. The van der Waals surface area contributed by atoms with E-state index in [2.05, 4.69) is 24.4 Å². The molecule has 1 aliphatic rings. The van der Waals surface area contributed by atoms with Crippen LogP contribution in [0.25, 0.3) is 20.7 Å². The van der Waals surface area contributed by atoms with Crippen molar-refractivity contribution in [3.63, 3.8) is 0 Å². The van der Waals surface area contributed by atoms with E-state index in [9.17, 15) is 4.79 Å². The quantitative estimate of drug-likeness (QED) is 0.438. The zero-order valence-corrected chi connectivity index (χ0v) is 17.9. The second-order valence-corrected chi connectivity index (χ2v) is 9.60. The van der Waals surface area contributed by atoms with Crippen LogP contribution in [0.5, 0.6) is 0 Å². The molecule has 0 saturated heterocycles. The van der Waals surface area contributed by atoms with Crippen molar-refractivity contribution in [2.45, 2.75) is 64.2 Å². The Morgan fingerprint density at radius 3 is 2.82 bits per heavy atom. The lowest BCUT2D eigenvalue weighted by Gasteiger charge is -2.13. The van der Waals surface area contributed by atoms with Crippen molar-refractivity contribution in [3.05, 3.63) is 33.6 Å². The predicted octanol–water partition coefficient (Wildman–Crippen LogP) is 6.10. The zero-order valence-electron chi connectivity index (χ0n) is 16.3. The van der Waals surface area contributed by atoms with E-state index in [-0.39, 0.29) is 0 Å². The number of pyridine rings is 1. The van der Waals surface area contributed by atoms with Crippen LogP contribution in [0.15, 0.2) is 17.5 Å². The summed E-state index contributed by atoms with van der Waals surface area (Å²) in [7, 11) is 0. The Morgan fingerprint density at radius 2 is 2.11 bits per heavy atom. The van der Waals surface area contributed by atoms with Crippen LogP contribution in [0, 0.1) is 0 Å². The lowest BCUT2D eigenvalue weighted by Crippen LogP contribution is -2.10. The Balaban J connectivity index is 1.76. The van der Waals surface area contributed by atoms with Gasteiger partial charge < -0.3 is 11.5 Å². The van der Waals surface area contributed by atoms with Crippen LogP contribution in [0.4, 0.5) is 5.69 Å². The molecule has 0 radical (unpaired) electrons. The molecule has 3 heterocycles. The summed E-state index contributed by atoms with van der Waals surface area (Å²) in [5.74, 6) is 0.0466. The summed E-state index contributed by atoms with van der Waals surface area (Å²) in [5.41, 5.74) is 16.2. The standard InChI is InChI=1S/C22H27N3OS2/c1-2-3-4-5-6-8-13-10-11-14-16(15-9-7-12-27-15)17-18(23)20(21(24)26)28-22(17)25-19(13)14/h7,9,12-13H,2-6,8,10-11,23H2,1H3,(H2,24,26). The molecule has 0 aliphatic heterocycles. The number of hydrogen-bond acceptors (Lipinski definition) is 5. The summed E-state index contributed by atoms with van der Waals surface area (Å²) in [5, 5.41) is 3.01. The van der Waals surface area contributed by atoms with Crippen LogP contribution in [0.2, 0.25) is 0 Å². The largest absolute Gasteiger partial charge is 0.397 e. The van der Waals surface area contributed by atoms with Crippen molar-refractivity contribution >= 4 is 44.5 Å². The maximum absolute atomic E-state index is 11.9. The number of nitrogen functional groups attached to an aromatic ring is 1. The van der Waals surface area contributed by atoms with E-state index in [0.29, 0.717) is 16.5 Å². The van der Waals surface area contributed by atoms with Crippen molar-refractivity contribution < 1.29 is 4.79 Å². The summed E-state index contributed by atoms with van der Waals surface area (Å²) in [6, 6.07) is 4.20. The van der Waals surface area contributed by atoms with Gasteiger partial charge in [0.2, 0.25) is 0 Å². The highest BCUT2D eigenvalue weighted by Gasteiger charge is 2.31. The minimum absolute atomic E-state index is 0.431. The Hall–Kier alpha value is -1.92. The van der Waals surface area contributed by atoms with E-state index >= 15 is 0 Å². The van der Waals surface area contributed by atoms with Crippen molar-refractivity contribution in [2.24, 2.45) is 5.73 Å². The van der Waals surface area contributed by atoms with E-state index in [1.807, 2.05) is 0 Å². The Labute approximate surface area is 174 Å². The van der Waals surface area contributed by atoms with Crippen LogP contribution >= 0.6 is 22.7 Å². The molecule has 1 unspecified atom stereocenters. The molecule has 3 aromatic heterocycles. The Morgan fingerprint density at radius 1 is 1.29 bits per heavy atom. The molecule has 148 valence electrons. The van der Waals surface area contributed by atoms with E-state index in [0.717, 1.165) is 23.1 Å². The molecule has 1 aliphatic carbocycles. The topological polar surface area (TPSA) is 82.0 Å². The summed E-state index contributed by atoms with van der Waals surface area (Å²) < 4.78 is 0. The molecule has 0 saturated carbocycles. The number of anilines is 1. The van der Waals surface area contributed by atoms with Gasteiger partial charge in [-0.2, -0.15) is 0 Å². The van der Waals surface area contributed by atoms with Crippen molar-refractivity contribution in [3.8, 4) is 10.4 Å². The van der Waals surface area contributed by atoms with E-state index < -0.39 is 5.91 Å². The summed E-state index contributed by atoms with van der Waals surface area (Å²) in [4.78, 5) is 19.4. The van der Waals surface area contributed by atoms with Gasteiger partial charge >= 0.3 is 0 Å². The van der Waals surface area contributed by atoms with Gasteiger partial charge in [0.25, 0.3) is 5.91 Å². The molecule has 6 heteroatoms. The van der Waals surface area contributed by atoms with E-state index in [1.54, 1.807) is 11.3 Å².